The summed E-state index contributed by atoms with van der Waals surface area (Å²) in [5.41, 5.74) is -1.43. The fourth-order valence-corrected chi connectivity index (χ4v) is 3.41. The Morgan fingerprint density at radius 3 is 2.36 bits per heavy atom. The summed E-state index contributed by atoms with van der Waals surface area (Å²) in [6.07, 6.45) is -0.211. The summed E-state index contributed by atoms with van der Waals surface area (Å²) in [5, 5.41) is 20.7. The van der Waals surface area contributed by atoms with Gasteiger partial charge in [0.25, 0.3) is 0 Å². The highest BCUT2D eigenvalue weighted by molar-refractivity contribution is 5.97. The SMILES string of the molecule is CC(=O)C1=C(O)C[C@](C)(O)[C@@H](C(C)=O)[C@@H]1c1ccccc1F. The van der Waals surface area contributed by atoms with Gasteiger partial charge in [-0.1, -0.05) is 18.2 Å². The molecular formula is C17H19FO4. The summed E-state index contributed by atoms with van der Waals surface area (Å²) in [6, 6.07) is 5.78. The quantitative estimate of drug-likeness (QED) is 0.900. The van der Waals surface area contributed by atoms with Gasteiger partial charge in [-0.15, -0.1) is 0 Å². The van der Waals surface area contributed by atoms with Crippen LogP contribution in [0.15, 0.2) is 35.6 Å². The Morgan fingerprint density at radius 2 is 1.86 bits per heavy atom. The first-order valence-electron chi connectivity index (χ1n) is 7.07. The Kier molecular flexibility index (Phi) is 4.20. The number of hydrogen-bond acceptors (Lipinski definition) is 4. The Labute approximate surface area is 128 Å². The molecule has 118 valence electrons. The smallest absolute Gasteiger partial charge is 0.159 e. The van der Waals surface area contributed by atoms with Gasteiger partial charge in [-0.2, -0.15) is 0 Å². The van der Waals surface area contributed by atoms with E-state index < -0.39 is 29.0 Å². The number of allylic oxidation sites excluding steroid dienone is 1. The highest BCUT2D eigenvalue weighted by atomic mass is 19.1. The first-order valence-corrected chi connectivity index (χ1v) is 7.07. The standard InChI is InChI=1S/C17H19FO4/c1-9(19)14-13(21)8-17(3,22)16(10(2)20)15(14)11-6-4-5-7-12(11)18/h4-7,15-16,21-22H,8H2,1-3H3/t15-,16+,17+/m1/s1. The molecule has 0 fully saturated rings. The van der Waals surface area contributed by atoms with Crippen molar-refractivity contribution in [1.82, 2.24) is 0 Å². The minimum Gasteiger partial charge on any atom is -0.512 e. The van der Waals surface area contributed by atoms with Gasteiger partial charge in [-0.05, 0) is 32.4 Å². The van der Waals surface area contributed by atoms with E-state index in [4.69, 9.17) is 0 Å². The molecule has 5 heteroatoms. The normalized spacial score (nSPS) is 28.6. The molecule has 0 amide bonds. The van der Waals surface area contributed by atoms with Crippen LogP contribution in [-0.4, -0.2) is 27.4 Å². The van der Waals surface area contributed by atoms with Gasteiger partial charge in [0.2, 0.25) is 0 Å². The maximum atomic E-state index is 14.2. The van der Waals surface area contributed by atoms with Crippen LogP contribution in [0.2, 0.25) is 0 Å². The largest absolute Gasteiger partial charge is 0.512 e. The van der Waals surface area contributed by atoms with Gasteiger partial charge >= 0.3 is 0 Å². The lowest BCUT2D eigenvalue weighted by Gasteiger charge is -2.42. The zero-order valence-corrected chi connectivity index (χ0v) is 12.8. The van der Waals surface area contributed by atoms with Gasteiger partial charge in [0, 0.05) is 17.9 Å². The van der Waals surface area contributed by atoms with Crippen LogP contribution in [0.1, 0.15) is 38.7 Å². The predicted octanol–water partition coefficient (Wildman–Crippen LogP) is 2.67. The number of Topliss-reactive ketones (excluding diaryl/α,β-unsaturated/α-hetero) is 2. The Balaban J connectivity index is 2.75. The van der Waals surface area contributed by atoms with Crippen molar-refractivity contribution in [2.24, 2.45) is 5.92 Å². The van der Waals surface area contributed by atoms with Crippen LogP contribution in [0.5, 0.6) is 0 Å². The van der Waals surface area contributed by atoms with E-state index in [2.05, 4.69) is 0 Å². The first-order chi connectivity index (χ1) is 10.2. The summed E-state index contributed by atoms with van der Waals surface area (Å²) in [4.78, 5) is 24.0. The fourth-order valence-electron chi connectivity index (χ4n) is 3.41. The second-order valence-corrected chi connectivity index (χ2v) is 6.04. The highest BCUT2D eigenvalue weighted by Gasteiger charge is 2.49. The van der Waals surface area contributed by atoms with E-state index in [1.165, 1.54) is 39.0 Å². The molecule has 0 spiro atoms. The molecule has 4 nitrogen and oxygen atoms in total. The third kappa shape index (κ3) is 2.68. The van der Waals surface area contributed by atoms with Gasteiger partial charge in [-0.25, -0.2) is 4.39 Å². The highest BCUT2D eigenvalue weighted by Crippen LogP contribution is 2.47. The zero-order chi connectivity index (χ0) is 16.7. The molecule has 2 N–H and O–H groups in total. The van der Waals surface area contributed by atoms with Crippen LogP contribution in [0.4, 0.5) is 4.39 Å². The van der Waals surface area contributed by atoms with Crippen molar-refractivity contribution in [1.29, 1.82) is 0 Å². The van der Waals surface area contributed by atoms with Gasteiger partial charge < -0.3 is 10.2 Å². The second kappa shape index (κ2) is 5.65. The third-order valence-electron chi connectivity index (χ3n) is 4.21. The molecule has 0 bridgehead atoms. The molecule has 3 atom stereocenters. The van der Waals surface area contributed by atoms with Crippen LogP contribution < -0.4 is 0 Å². The molecular weight excluding hydrogens is 287 g/mol. The average molecular weight is 306 g/mol. The monoisotopic (exact) mass is 306 g/mol. The Bertz CT molecular complexity index is 660. The lowest BCUT2D eigenvalue weighted by Crippen LogP contribution is -2.47. The summed E-state index contributed by atoms with van der Waals surface area (Å²) < 4.78 is 14.2. The lowest BCUT2D eigenvalue weighted by molar-refractivity contribution is -0.132. The van der Waals surface area contributed by atoms with E-state index in [1.54, 1.807) is 6.07 Å². The van der Waals surface area contributed by atoms with Crippen LogP contribution in [0.3, 0.4) is 0 Å². The van der Waals surface area contributed by atoms with Crippen molar-refractivity contribution in [3.8, 4) is 0 Å². The number of hydrogen-bond donors (Lipinski definition) is 2. The van der Waals surface area contributed by atoms with E-state index >= 15 is 0 Å². The van der Waals surface area contributed by atoms with E-state index in [0.717, 1.165) is 0 Å². The number of benzene rings is 1. The molecule has 0 saturated carbocycles. The van der Waals surface area contributed by atoms with Gasteiger partial charge in [0.1, 0.15) is 17.4 Å². The van der Waals surface area contributed by atoms with Crippen LogP contribution >= 0.6 is 0 Å². The van der Waals surface area contributed by atoms with Gasteiger partial charge in [-0.3, -0.25) is 9.59 Å². The van der Waals surface area contributed by atoms with E-state index in [9.17, 15) is 24.2 Å². The number of ketones is 2. The fraction of sp³-hybridized carbons (Fsp3) is 0.412. The summed E-state index contributed by atoms with van der Waals surface area (Å²) in [5.74, 6) is -3.66. The van der Waals surface area contributed by atoms with Crippen LogP contribution in [-0.2, 0) is 9.59 Å². The summed E-state index contributed by atoms with van der Waals surface area (Å²) in [7, 11) is 0. The van der Waals surface area contributed by atoms with Crippen molar-refractivity contribution >= 4 is 11.6 Å². The van der Waals surface area contributed by atoms with Gasteiger partial charge in [0.15, 0.2) is 5.78 Å². The molecule has 0 aliphatic heterocycles. The molecule has 1 aliphatic carbocycles. The molecule has 2 rings (SSSR count). The minimum atomic E-state index is -1.55. The van der Waals surface area contributed by atoms with Crippen molar-refractivity contribution < 1.29 is 24.2 Å². The number of halogens is 1. The molecule has 0 aromatic heterocycles. The van der Waals surface area contributed by atoms with Crippen LogP contribution in [0.25, 0.3) is 0 Å². The number of carbonyl (C=O) groups excluding carboxylic acids is 2. The maximum absolute atomic E-state index is 14.2. The molecule has 1 aliphatic rings. The zero-order valence-electron chi connectivity index (χ0n) is 12.8. The molecule has 1 aromatic rings. The number of rotatable bonds is 3. The maximum Gasteiger partial charge on any atom is 0.159 e. The second-order valence-electron chi connectivity index (χ2n) is 6.04. The summed E-state index contributed by atoms with van der Waals surface area (Å²) >= 11 is 0. The minimum absolute atomic E-state index is 0.00294. The van der Waals surface area contributed by atoms with Crippen LogP contribution in [0, 0.1) is 11.7 Å². The lowest BCUT2D eigenvalue weighted by atomic mass is 9.64. The number of aliphatic hydroxyl groups is 2. The number of carbonyl (C=O) groups is 2. The van der Waals surface area contributed by atoms with Crippen molar-refractivity contribution in [3.63, 3.8) is 0 Å². The molecule has 0 unspecified atom stereocenters. The molecule has 1 aromatic carbocycles. The first kappa shape index (κ1) is 16.4. The van der Waals surface area contributed by atoms with Crippen molar-refractivity contribution in [3.05, 3.63) is 47.0 Å². The molecule has 0 saturated heterocycles. The molecule has 0 heterocycles. The number of aliphatic hydroxyl groups excluding tert-OH is 1. The van der Waals surface area contributed by atoms with Gasteiger partial charge in [0.05, 0.1) is 11.5 Å². The van der Waals surface area contributed by atoms with Crippen molar-refractivity contribution in [2.75, 3.05) is 0 Å². The topological polar surface area (TPSA) is 74.6 Å². The van der Waals surface area contributed by atoms with E-state index in [0.29, 0.717) is 0 Å². The predicted molar refractivity (Wildman–Crippen MR) is 78.9 cm³/mol. The summed E-state index contributed by atoms with van der Waals surface area (Å²) in [6.45, 7) is 3.98. The van der Waals surface area contributed by atoms with E-state index in [-0.39, 0.29) is 29.1 Å². The molecule has 22 heavy (non-hydrogen) atoms. The third-order valence-corrected chi connectivity index (χ3v) is 4.21. The Morgan fingerprint density at radius 1 is 1.27 bits per heavy atom. The van der Waals surface area contributed by atoms with Crippen molar-refractivity contribution in [2.45, 2.75) is 38.7 Å². The van der Waals surface area contributed by atoms with E-state index in [1.807, 2.05) is 0 Å². The Hall–Kier alpha value is -2.01. The average Bonchev–Trinajstić information content (AvgIpc) is 2.35. The molecule has 0 radical (unpaired) electrons.